The Hall–Kier alpha value is -2.86. The number of ketones is 1. The zero-order chi connectivity index (χ0) is 28.2. The molecule has 2 rings (SSSR count). The molecule has 0 bridgehead atoms. The van der Waals surface area contributed by atoms with Crippen LogP contribution in [0.1, 0.15) is 59.3 Å². The molecule has 0 radical (unpaired) electrons. The number of aliphatic hydroxyl groups is 3. The highest BCUT2D eigenvalue weighted by atomic mass is 16.7. The maximum atomic E-state index is 13.0. The van der Waals surface area contributed by atoms with Crippen LogP contribution in [0.5, 0.6) is 0 Å². The van der Waals surface area contributed by atoms with Crippen LogP contribution >= 0.6 is 0 Å². The van der Waals surface area contributed by atoms with Crippen molar-refractivity contribution in [3.63, 3.8) is 0 Å². The summed E-state index contributed by atoms with van der Waals surface area (Å²) in [6.07, 6.45) is -9.43. The zero-order valence-corrected chi connectivity index (χ0v) is 17.9. The number of carboxylic acids is 1. The standard InChI is InChI=1S/C22H28O11/c1-3-12(9-8-11(2)23)10-31-20(29)13-6-4-5-7-14(13)21(30)33-22-17(26)15(24)16(25)18(32-22)19(27)28/h4-7,12,15-18,22,24-26H,3,8-10H2,1-2H3,(H,27,28)/t12?,15-,16-,17+,18-,22-/m0/s1/i4D,5D,6D,7D. The number of ether oxygens (including phenoxy) is 3. The Labute approximate surface area is 195 Å². The molecule has 0 amide bonds. The molecule has 4 N–H and O–H groups in total. The summed E-state index contributed by atoms with van der Waals surface area (Å²) in [5, 5.41) is 38.9. The van der Waals surface area contributed by atoms with Gasteiger partial charge < -0.3 is 39.4 Å². The Balaban J connectivity index is 2.38. The predicted molar refractivity (Wildman–Crippen MR) is 110 cm³/mol. The molecule has 1 saturated heterocycles. The summed E-state index contributed by atoms with van der Waals surface area (Å²) >= 11 is 0. The number of rotatable bonds is 10. The number of hydrogen-bond acceptors (Lipinski definition) is 10. The Kier molecular flexibility index (Phi) is 7.44. The summed E-state index contributed by atoms with van der Waals surface area (Å²) in [4.78, 5) is 48.4. The van der Waals surface area contributed by atoms with E-state index in [0.29, 0.717) is 12.8 Å². The van der Waals surface area contributed by atoms with Crippen molar-refractivity contribution in [1.29, 1.82) is 0 Å². The van der Waals surface area contributed by atoms with Gasteiger partial charge in [0.15, 0.2) is 6.10 Å². The minimum absolute atomic E-state index is 0.0677. The minimum Gasteiger partial charge on any atom is -0.479 e. The van der Waals surface area contributed by atoms with Crippen LogP contribution in [-0.4, -0.2) is 81.4 Å². The van der Waals surface area contributed by atoms with Gasteiger partial charge in [-0.2, -0.15) is 0 Å². The highest BCUT2D eigenvalue weighted by molar-refractivity contribution is 6.03. The molecule has 0 spiro atoms. The van der Waals surface area contributed by atoms with Crippen LogP contribution in [0.15, 0.2) is 24.2 Å². The highest BCUT2D eigenvalue weighted by Crippen LogP contribution is 2.24. The largest absolute Gasteiger partial charge is 0.479 e. The normalized spacial score (nSPS) is 27.4. The third-order valence-corrected chi connectivity index (χ3v) is 5.06. The van der Waals surface area contributed by atoms with Crippen molar-refractivity contribution in [2.45, 2.75) is 63.8 Å². The summed E-state index contributed by atoms with van der Waals surface area (Å²) in [6.45, 7) is 2.98. The summed E-state index contributed by atoms with van der Waals surface area (Å²) in [5.74, 6) is -4.96. The second kappa shape index (κ2) is 11.8. The summed E-state index contributed by atoms with van der Waals surface area (Å²) in [6, 6.07) is -3.65. The van der Waals surface area contributed by atoms with Crippen LogP contribution in [-0.2, 0) is 23.8 Å². The van der Waals surface area contributed by atoms with E-state index in [0.717, 1.165) is 0 Å². The van der Waals surface area contributed by atoms with Crippen LogP contribution < -0.4 is 0 Å². The topological polar surface area (TPSA) is 177 Å². The molecule has 33 heavy (non-hydrogen) atoms. The molecule has 1 aromatic carbocycles. The number of esters is 2. The minimum atomic E-state index is -2.18. The number of hydrogen-bond donors (Lipinski definition) is 4. The third kappa shape index (κ3) is 6.81. The van der Waals surface area contributed by atoms with E-state index < -0.39 is 83.9 Å². The highest BCUT2D eigenvalue weighted by Gasteiger charge is 2.48. The maximum Gasteiger partial charge on any atom is 0.341 e. The van der Waals surface area contributed by atoms with E-state index in [2.05, 4.69) is 0 Å². The second-order valence-corrected chi connectivity index (χ2v) is 7.50. The number of carbonyl (C=O) groups is 4. The fourth-order valence-corrected chi connectivity index (χ4v) is 3.01. The van der Waals surface area contributed by atoms with Gasteiger partial charge in [-0.05, 0) is 31.3 Å². The van der Waals surface area contributed by atoms with Gasteiger partial charge >= 0.3 is 17.9 Å². The van der Waals surface area contributed by atoms with Gasteiger partial charge in [0.25, 0.3) is 0 Å². The van der Waals surface area contributed by atoms with E-state index in [1.54, 1.807) is 6.92 Å². The van der Waals surface area contributed by atoms with Gasteiger partial charge in [-0.3, -0.25) is 0 Å². The first-order valence-electron chi connectivity index (χ1n) is 12.1. The van der Waals surface area contributed by atoms with Gasteiger partial charge in [-0.25, -0.2) is 14.4 Å². The third-order valence-electron chi connectivity index (χ3n) is 5.06. The first-order chi connectivity index (χ1) is 17.2. The molecular weight excluding hydrogens is 440 g/mol. The van der Waals surface area contributed by atoms with E-state index >= 15 is 0 Å². The van der Waals surface area contributed by atoms with E-state index in [1.807, 2.05) is 0 Å². The second-order valence-electron chi connectivity index (χ2n) is 7.50. The molecule has 1 unspecified atom stereocenters. The molecule has 182 valence electrons. The van der Waals surface area contributed by atoms with Crippen LogP contribution in [0.4, 0.5) is 0 Å². The number of aliphatic carboxylic acids is 1. The SMILES string of the molecule is [2H]c1c([2H])c([2H])c(C(=O)O[C@@H]2O[C@H](C(=O)O)[C@@H](O)[C@H](O)[C@H]2O)c(C(=O)OCC(CC)CCC(C)=O)c1[2H]. The first kappa shape index (κ1) is 20.7. The quantitative estimate of drug-likeness (QED) is 0.344. The molecule has 6 atom stereocenters. The summed E-state index contributed by atoms with van der Waals surface area (Å²) in [7, 11) is 0. The Morgan fingerprint density at radius 2 is 1.67 bits per heavy atom. The molecule has 1 aromatic rings. The molecule has 1 aliphatic rings. The molecule has 1 fully saturated rings. The van der Waals surface area contributed by atoms with Crippen molar-refractivity contribution in [3.8, 4) is 0 Å². The summed E-state index contributed by atoms with van der Waals surface area (Å²) < 4.78 is 46.8. The van der Waals surface area contributed by atoms with Crippen molar-refractivity contribution >= 4 is 23.7 Å². The van der Waals surface area contributed by atoms with Gasteiger partial charge in [0.05, 0.1) is 23.2 Å². The molecule has 0 aromatic heterocycles. The number of aliphatic hydroxyl groups excluding tert-OH is 3. The number of benzene rings is 1. The van der Waals surface area contributed by atoms with Crippen molar-refractivity contribution in [1.82, 2.24) is 0 Å². The van der Waals surface area contributed by atoms with Crippen LogP contribution in [0.2, 0.25) is 0 Å². The average molecular weight is 472 g/mol. The maximum absolute atomic E-state index is 13.0. The summed E-state index contributed by atoms with van der Waals surface area (Å²) in [5.41, 5.74) is -1.85. The average Bonchev–Trinajstić information content (AvgIpc) is 2.84. The van der Waals surface area contributed by atoms with E-state index in [1.165, 1.54) is 6.92 Å². The smallest absolute Gasteiger partial charge is 0.341 e. The number of carboxylic acid groups (broad SMARTS) is 1. The Morgan fingerprint density at radius 1 is 1.06 bits per heavy atom. The lowest BCUT2D eigenvalue weighted by Gasteiger charge is -2.37. The Bertz CT molecular complexity index is 1060. The van der Waals surface area contributed by atoms with E-state index in [-0.39, 0.29) is 24.7 Å². The van der Waals surface area contributed by atoms with Crippen molar-refractivity contribution in [3.05, 3.63) is 35.3 Å². The molecule has 11 nitrogen and oxygen atoms in total. The van der Waals surface area contributed by atoms with Crippen molar-refractivity contribution in [2.75, 3.05) is 6.61 Å². The van der Waals surface area contributed by atoms with Crippen molar-refractivity contribution < 1.29 is 59.3 Å². The monoisotopic (exact) mass is 472 g/mol. The van der Waals surface area contributed by atoms with Gasteiger partial charge in [0.2, 0.25) is 6.29 Å². The molecule has 1 heterocycles. The van der Waals surface area contributed by atoms with Gasteiger partial charge in [-0.15, -0.1) is 0 Å². The molecule has 0 saturated carbocycles. The van der Waals surface area contributed by atoms with Crippen molar-refractivity contribution in [2.24, 2.45) is 5.92 Å². The van der Waals surface area contributed by atoms with E-state index in [9.17, 15) is 34.5 Å². The molecule has 11 heteroatoms. The Morgan fingerprint density at radius 3 is 2.21 bits per heavy atom. The zero-order valence-electron chi connectivity index (χ0n) is 21.9. The van der Waals surface area contributed by atoms with Crippen LogP contribution in [0.3, 0.4) is 0 Å². The van der Waals surface area contributed by atoms with Crippen LogP contribution in [0.25, 0.3) is 0 Å². The van der Waals surface area contributed by atoms with E-state index in [4.69, 9.17) is 24.8 Å². The fourth-order valence-electron chi connectivity index (χ4n) is 3.01. The molecule has 0 aliphatic carbocycles. The lowest BCUT2D eigenvalue weighted by Crippen LogP contribution is -2.60. The van der Waals surface area contributed by atoms with Gasteiger partial charge in [0.1, 0.15) is 24.1 Å². The fraction of sp³-hybridized carbons (Fsp3) is 0.545. The lowest BCUT2D eigenvalue weighted by atomic mass is 9.99. The van der Waals surface area contributed by atoms with Crippen LogP contribution in [0, 0.1) is 5.92 Å². The predicted octanol–water partition coefficient (Wildman–Crippen LogP) is 0.288. The first-order valence-corrected chi connectivity index (χ1v) is 10.1. The molecular formula is C22H28O11. The van der Waals surface area contributed by atoms with Gasteiger partial charge in [0, 0.05) is 6.42 Å². The lowest BCUT2D eigenvalue weighted by molar-refractivity contribution is -0.278. The van der Waals surface area contributed by atoms with Gasteiger partial charge in [-0.1, -0.05) is 25.4 Å². The molecule has 1 aliphatic heterocycles. The number of Topliss-reactive ketones (excluding diaryl/α,β-unsaturated/α-hetero) is 1. The number of carbonyl (C=O) groups excluding carboxylic acids is 3.